The van der Waals surface area contributed by atoms with Gasteiger partial charge >= 0.3 is 6.03 Å². The predicted octanol–water partition coefficient (Wildman–Crippen LogP) is 5.20. The van der Waals surface area contributed by atoms with Gasteiger partial charge in [-0.3, -0.25) is 9.48 Å². The fourth-order valence-corrected chi connectivity index (χ4v) is 5.85. The Hall–Kier alpha value is -2.63. The van der Waals surface area contributed by atoms with Gasteiger partial charge in [-0.25, -0.2) is 4.79 Å². The Bertz CT molecular complexity index is 1000. The molecule has 1 atom stereocenters. The number of nitrogens with one attached hydrogen (secondary N) is 1. The van der Waals surface area contributed by atoms with Crippen molar-refractivity contribution in [1.29, 1.82) is 0 Å². The van der Waals surface area contributed by atoms with Gasteiger partial charge in [0.15, 0.2) is 5.78 Å². The van der Waals surface area contributed by atoms with Crippen LogP contribution in [0.2, 0.25) is 0 Å². The van der Waals surface area contributed by atoms with E-state index in [-0.39, 0.29) is 23.3 Å². The number of amides is 2. The highest BCUT2D eigenvalue weighted by molar-refractivity contribution is 6.00. The first-order valence-electron chi connectivity index (χ1n) is 12.2. The number of carbonyl (C=O) groups is 2. The van der Waals surface area contributed by atoms with Gasteiger partial charge in [0.25, 0.3) is 0 Å². The van der Waals surface area contributed by atoms with Gasteiger partial charge in [-0.05, 0) is 43.1 Å². The molecule has 1 saturated carbocycles. The first kappa shape index (κ1) is 21.2. The van der Waals surface area contributed by atoms with Crippen LogP contribution in [-0.2, 0) is 13.0 Å². The number of rotatable bonds is 4. The van der Waals surface area contributed by atoms with Gasteiger partial charge in [0, 0.05) is 19.5 Å². The summed E-state index contributed by atoms with van der Waals surface area (Å²) in [6.07, 6.45) is 7.95. The summed E-state index contributed by atoms with van der Waals surface area (Å²) >= 11 is 0. The first-order chi connectivity index (χ1) is 15.4. The third-order valence-corrected chi connectivity index (χ3v) is 7.39. The maximum atomic E-state index is 13.3. The van der Waals surface area contributed by atoms with Gasteiger partial charge in [0.1, 0.15) is 0 Å². The average molecular weight is 435 g/mol. The van der Waals surface area contributed by atoms with Crippen LogP contribution in [0.3, 0.4) is 0 Å². The topological polar surface area (TPSA) is 67.2 Å². The fourth-order valence-electron chi connectivity index (χ4n) is 5.85. The lowest BCUT2D eigenvalue weighted by molar-refractivity contribution is 0.0906. The average Bonchev–Trinajstić information content (AvgIpc) is 3.50. The van der Waals surface area contributed by atoms with E-state index in [1.165, 1.54) is 12.8 Å². The van der Waals surface area contributed by atoms with Crippen molar-refractivity contribution in [1.82, 2.24) is 20.0 Å². The molecule has 2 aromatic rings. The van der Waals surface area contributed by atoms with Crippen LogP contribution in [0.4, 0.5) is 4.79 Å². The number of Topliss-reactive ketones (excluding diaryl/α,β-unsaturated/α-hetero) is 1. The zero-order chi connectivity index (χ0) is 22.3. The molecule has 2 fully saturated rings. The van der Waals surface area contributed by atoms with E-state index in [1.54, 1.807) is 0 Å². The van der Waals surface area contributed by atoms with E-state index in [4.69, 9.17) is 5.10 Å². The third kappa shape index (κ3) is 3.96. The monoisotopic (exact) mass is 434 g/mol. The number of benzene rings is 1. The molecule has 1 saturated heterocycles. The minimum absolute atomic E-state index is 0.0415. The highest BCUT2D eigenvalue weighted by Crippen LogP contribution is 2.43. The molecule has 32 heavy (non-hydrogen) atoms. The van der Waals surface area contributed by atoms with Crippen molar-refractivity contribution in [2.45, 2.75) is 83.8 Å². The summed E-state index contributed by atoms with van der Waals surface area (Å²) < 4.78 is 2.19. The molecule has 1 aromatic carbocycles. The summed E-state index contributed by atoms with van der Waals surface area (Å²) in [6.45, 7) is 5.57. The first-order valence-corrected chi connectivity index (χ1v) is 12.2. The maximum absolute atomic E-state index is 13.3. The second-order valence-electron chi connectivity index (χ2n) is 10.5. The van der Waals surface area contributed by atoms with Crippen molar-refractivity contribution in [2.24, 2.45) is 5.41 Å². The number of fused-ring (bicyclic) bond motifs is 1. The summed E-state index contributed by atoms with van der Waals surface area (Å²) in [4.78, 5) is 28.3. The Morgan fingerprint density at radius 1 is 1.09 bits per heavy atom. The number of hydrogen-bond acceptors (Lipinski definition) is 3. The lowest BCUT2D eigenvalue weighted by atomic mass is 9.75. The zero-order valence-electron chi connectivity index (χ0n) is 19.3. The van der Waals surface area contributed by atoms with Crippen LogP contribution in [0, 0.1) is 5.41 Å². The van der Waals surface area contributed by atoms with Crippen molar-refractivity contribution in [3.05, 3.63) is 52.8 Å². The third-order valence-electron chi connectivity index (χ3n) is 7.39. The van der Waals surface area contributed by atoms with Crippen LogP contribution >= 0.6 is 0 Å². The van der Waals surface area contributed by atoms with Crippen LogP contribution in [0.15, 0.2) is 30.3 Å². The molecule has 1 N–H and O–H groups in total. The lowest BCUT2D eigenvalue weighted by Crippen LogP contribution is -2.39. The highest BCUT2D eigenvalue weighted by atomic mass is 16.2. The minimum Gasteiger partial charge on any atom is -0.334 e. The van der Waals surface area contributed by atoms with Crippen LogP contribution in [0.1, 0.15) is 98.2 Å². The minimum atomic E-state index is -0.118. The number of urea groups is 1. The van der Waals surface area contributed by atoms with Crippen LogP contribution in [0.25, 0.3) is 0 Å². The Balaban J connectivity index is 1.44. The van der Waals surface area contributed by atoms with Gasteiger partial charge in [0.2, 0.25) is 0 Å². The summed E-state index contributed by atoms with van der Waals surface area (Å²) in [6, 6.07) is 10.2. The molecular weight excluding hydrogens is 400 g/mol. The lowest BCUT2D eigenvalue weighted by Gasteiger charge is -2.31. The van der Waals surface area contributed by atoms with Gasteiger partial charge < -0.3 is 10.2 Å². The molecule has 6 heteroatoms. The van der Waals surface area contributed by atoms with E-state index in [0.29, 0.717) is 25.6 Å². The molecule has 2 heterocycles. The van der Waals surface area contributed by atoms with Gasteiger partial charge in [-0.2, -0.15) is 5.10 Å². The van der Waals surface area contributed by atoms with E-state index in [0.717, 1.165) is 54.6 Å². The molecule has 0 bridgehead atoms. The Morgan fingerprint density at radius 2 is 1.84 bits per heavy atom. The van der Waals surface area contributed by atoms with Crippen molar-refractivity contribution < 1.29 is 9.59 Å². The maximum Gasteiger partial charge on any atom is 0.318 e. The summed E-state index contributed by atoms with van der Waals surface area (Å²) in [5, 5.41) is 8.17. The molecule has 1 aromatic heterocycles. The predicted molar refractivity (Wildman–Crippen MR) is 124 cm³/mol. The quantitative estimate of drug-likeness (QED) is 0.719. The van der Waals surface area contributed by atoms with Crippen molar-refractivity contribution >= 4 is 11.8 Å². The Morgan fingerprint density at radius 3 is 2.59 bits per heavy atom. The second kappa shape index (κ2) is 8.38. The van der Waals surface area contributed by atoms with Gasteiger partial charge in [0.05, 0.1) is 29.0 Å². The van der Waals surface area contributed by atoms with Crippen molar-refractivity contribution in [2.75, 3.05) is 6.54 Å². The molecule has 2 aliphatic carbocycles. The van der Waals surface area contributed by atoms with E-state index in [1.807, 2.05) is 35.2 Å². The Labute approximate surface area is 190 Å². The number of nitrogens with zero attached hydrogens (tertiary/aromatic N) is 3. The molecule has 170 valence electrons. The summed E-state index contributed by atoms with van der Waals surface area (Å²) in [5.41, 5.74) is 3.82. The van der Waals surface area contributed by atoms with E-state index < -0.39 is 0 Å². The molecule has 3 aliphatic rings. The Kier molecular flexibility index (Phi) is 5.56. The van der Waals surface area contributed by atoms with Gasteiger partial charge in [-0.15, -0.1) is 0 Å². The summed E-state index contributed by atoms with van der Waals surface area (Å²) in [5.74, 6) is 0.201. The SMILES string of the molecule is CC1(C)CC(=O)c2c([C@@H]3CCCN3C(=O)NCc3ccccc3)nn(C3CCCC3)c2C1. The normalized spacial score (nSPS) is 22.9. The molecule has 0 unspecified atom stereocenters. The molecule has 5 rings (SSSR count). The zero-order valence-corrected chi connectivity index (χ0v) is 19.3. The molecule has 0 spiro atoms. The molecule has 1 aliphatic heterocycles. The number of likely N-dealkylation sites (tertiary alicyclic amines) is 1. The molecule has 2 amide bonds. The van der Waals surface area contributed by atoms with Crippen molar-refractivity contribution in [3.8, 4) is 0 Å². The molecule has 6 nitrogen and oxygen atoms in total. The van der Waals surface area contributed by atoms with Crippen LogP contribution < -0.4 is 5.32 Å². The summed E-state index contributed by atoms with van der Waals surface area (Å²) in [7, 11) is 0. The smallest absolute Gasteiger partial charge is 0.318 e. The number of aromatic nitrogens is 2. The van der Waals surface area contributed by atoms with E-state index in [9.17, 15) is 9.59 Å². The number of carbonyl (C=O) groups excluding carboxylic acids is 2. The van der Waals surface area contributed by atoms with E-state index in [2.05, 4.69) is 23.8 Å². The largest absolute Gasteiger partial charge is 0.334 e. The van der Waals surface area contributed by atoms with Crippen LogP contribution in [-0.4, -0.2) is 33.0 Å². The van der Waals surface area contributed by atoms with Crippen LogP contribution in [0.5, 0.6) is 0 Å². The molecular formula is C26H34N4O2. The number of hydrogen-bond donors (Lipinski definition) is 1. The fraction of sp³-hybridized carbons (Fsp3) is 0.577. The standard InChI is InChI=1S/C26H34N4O2/c1-26(2)15-21-23(22(31)16-26)24(28-30(21)19-11-6-7-12-19)20-13-8-14-29(20)25(32)27-17-18-9-4-3-5-10-18/h3-5,9-10,19-20H,6-8,11-17H2,1-2H3,(H,27,32)/t20-/m0/s1. The van der Waals surface area contributed by atoms with Gasteiger partial charge in [-0.1, -0.05) is 57.0 Å². The highest BCUT2D eigenvalue weighted by Gasteiger charge is 2.42. The second-order valence-corrected chi connectivity index (χ2v) is 10.5. The van der Waals surface area contributed by atoms with Crippen molar-refractivity contribution in [3.63, 3.8) is 0 Å². The van der Waals surface area contributed by atoms with E-state index >= 15 is 0 Å². The number of ketones is 1. The molecule has 0 radical (unpaired) electrons.